The zero-order valence-electron chi connectivity index (χ0n) is 13.7. The van der Waals surface area contributed by atoms with E-state index in [9.17, 15) is 18.8 Å². The van der Waals surface area contributed by atoms with Crippen molar-refractivity contribution >= 4 is 22.7 Å². The first-order chi connectivity index (χ1) is 12.5. The largest absolute Gasteiger partial charge is 0.497 e. The van der Waals surface area contributed by atoms with Crippen LogP contribution in [0.3, 0.4) is 0 Å². The molecule has 0 amide bonds. The van der Waals surface area contributed by atoms with Crippen LogP contribution in [0, 0.1) is 5.82 Å². The normalized spacial score (nSPS) is 10.5. The summed E-state index contributed by atoms with van der Waals surface area (Å²) in [6, 6.07) is 10.9. The van der Waals surface area contributed by atoms with E-state index in [4.69, 9.17) is 13.9 Å². The minimum Gasteiger partial charge on any atom is -0.497 e. The predicted octanol–water partition coefficient (Wildman–Crippen LogP) is 2.98. The molecule has 1 aromatic heterocycles. The molecule has 132 valence electrons. The fourth-order valence-electron chi connectivity index (χ4n) is 2.30. The molecule has 1 heterocycles. The molecule has 0 unspecified atom stereocenters. The van der Waals surface area contributed by atoms with Crippen molar-refractivity contribution in [3.8, 4) is 5.75 Å². The van der Waals surface area contributed by atoms with Crippen LogP contribution in [0.4, 0.5) is 4.39 Å². The van der Waals surface area contributed by atoms with Crippen LogP contribution >= 0.6 is 0 Å². The Balaban J connectivity index is 1.78. The van der Waals surface area contributed by atoms with Crippen LogP contribution in [0.1, 0.15) is 20.7 Å². The van der Waals surface area contributed by atoms with Crippen LogP contribution in [0.5, 0.6) is 5.75 Å². The molecule has 0 aliphatic heterocycles. The van der Waals surface area contributed by atoms with Crippen molar-refractivity contribution in [2.45, 2.75) is 0 Å². The number of Topliss-reactive ketones (excluding diaryl/α,β-unsaturated/α-hetero) is 1. The topological polar surface area (TPSA) is 82.8 Å². The number of halogens is 1. The van der Waals surface area contributed by atoms with E-state index >= 15 is 0 Å². The first-order valence-electron chi connectivity index (χ1n) is 7.56. The summed E-state index contributed by atoms with van der Waals surface area (Å²) in [6.07, 6.45) is 0. The van der Waals surface area contributed by atoms with Gasteiger partial charge in [-0.05, 0) is 48.5 Å². The zero-order chi connectivity index (χ0) is 18.7. The van der Waals surface area contributed by atoms with E-state index in [-0.39, 0.29) is 16.7 Å². The van der Waals surface area contributed by atoms with E-state index in [0.717, 1.165) is 12.1 Å². The molecule has 26 heavy (non-hydrogen) atoms. The van der Waals surface area contributed by atoms with Crippen LogP contribution < -0.4 is 10.4 Å². The lowest BCUT2D eigenvalue weighted by atomic mass is 10.1. The summed E-state index contributed by atoms with van der Waals surface area (Å²) in [5.41, 5.74) is -0.733. The maximum atomic E-state index is 12.9. The SMILES string of the molecule is COc1ccc2oc(=O)c(C(=O)OCC(=O)c3ccc(F)cc3)cc2c1. The second-order valence-electron chi connectivity index (χ2n) is 5.36. The highest BCUT2D eigenvalue weighted by molar-refractivity contribution is 5.99. The van der Waals surface area contributed by atoms with E-state index in [1.807, 2.05) is 0 Å². The third-order valence-corrected chi connectivity index (χ3v) is 3.66. The number of methoxy groups -OCH3 is 1. The minimum absolute atomic E-state index is 0.189. The van der Waals surface area contributed by atoms with Crippen molar-refractivity contribution in [1.29, 1.82) is 0 Å². The van der Waals surface area contributed by atoms with Crippen molar-refractivity contribution in [3.05, 3.63) is 75.9 Å². The average molecular weight is 356 g/mol. The number of rotatable bonds is 5. The Hall–Kier alpha value is -3.48. The second kappa shape index (κ2) is 7.18. The van der Waals surface area contributed by atoms with Crippen molar-refractivity contribution in [2.75, 3.05) is 13.7 Å². The lowest BCUT2D eigenvalue weighted by Gasteiger charge is -2.05. The van der Waals surface area contributed by atoms with Crippen LogP contribution in [0.15, 0.2) is 57.7 Å². The maximum Gasteiger partial charge on any atom is 0.351 e. The molecule has 0 aliphatic carbocycles. The predicted molar refractivity (Wildman–Crippen MR) is 90.0 cm³/mol. The lowest BCUT2D eigenvalue weighted by molar-refractivity contribution is 0.0470. The van der Waals surface area contributed by atoms with Gasteiger partial charge in [0.05, 0.1) is 7.11 Å². The molecule has 0 fully saturated rings. The van der Waals surface area contributed by atoms with Gasteiger partial charge in [-0.2, -0.15) is 0 Å². The summed E-state index contributed by atoms with van der Waals surface area (Å²) >= 11 is 0. The lowest BCUT2D eigenvalue weighted by Crippen LogP contribution is -2.20. The van der Waals surface area contributed by atoms with Gasteiger partial charge < -0.3 is 13.9 Å². The Bertz CT molecular complexity index is 1040. The molecule has 0 radical (unpaired) electrons. The molecule has 3 rings (SSSR count). The molecule has 0 saturated carbocycles. The molecule has 0 aliphatic rings. The highest BCUT2D eigenvalue weighted by Gasteiger charge is 2.17. The van der Waals surface area contributed by atoms with Gasteiger partial charge in [0.25, 0.3) is 0 Å². The summed E-state index contributed by atoms with van der Waals surface area (Å²) in [7, 11) is 1.48. The van der Waals surface area contributed by atoms with Gasteiger partial charge in [-0.3, -0.25) is 4.79 Å². The molecule has 0 saturated heterocycles. The fourth-order valence-corrected chi connectivity index (χ4v) is 2.30. The quantitative estimate of drug-likeness (QED) is 0.397. The molecule has 0 N–H and O–H groups in total. The summed E-state index contributed by atoms with van der Waals surface area (Å²) in [5.74, 6) is -1.47. The maximum absolute atomic E-state index is 12.9. The number of ketones is 1. The fraction of sp³-hybridized carbons (Fsp3) is 0.105. The molecule has 0 spiro atoms. The highest BCUT2D eigenvalue weighted by atomic mass is 19.1. The Kier molecular flexibility index (Phi) is 4.79. The van der Waals surface area contributed by atoms with Gasteiger partial charge in [0.2, 0.25) is 0 Å². The van der Waals surface area contributed by atoms with Gasteiger partial charge in [0, 0.05) is 10.9 Å². The van der Waals surface area contributed by atoms with E-state index in [1.54, 1.807) is 18.2 Å². The second-order valence-corrected chi connectivity index (χ2v) is 5.36. The standard InChI is InChI=1S/C19H13FO6/c1-24-14-6-7-17-12(8-14)9-15(19(23)26-17)18(22)25-10-16(21)11-2-4-13(20)5-3-11/h2-9H,10H2,1H3. The van der Waals surface area contributed by atoms with E-state index in [2.05, 4.69) is 0 Å². The number of fused-ring (bicyclic) bond motifs is 1. The first-order valence-corrected chi connectivity index (χ1v) is 7.56. The molecular weight excluding hydrogens is 343 g/mol. The van der Waals surface area contributed by atoms with Gasteiger partial charge in [0.1, 0.15) is 22.7 Å². The van der Waals surface area contributed by atoms with Crippen LogP contribution in [0.25, 0.3) is 11.0 Å². The summed E-state index contributed by atoms with van der Waals surface area (Å²) in [4.78, 5) is 36.0. The van der Waals surface area contributed by atoms with Gasteiger partial charge in [-0.15, -0.1) is 0 Å². The Morgan fingerprint density at radius 2 is 1.81 bits per heavy atom. The molecular formula is C19H13FO6. The van der Waals surface area contributed by atoms with E-state index in [0.29, 0.717) is 11.1 Å². The monoisotopic (exact) mass is 356 g/mol. The third kappa shape index (κ3) is 3.61. The smallest absolute Gasteiger partial charge is 0.351 e. The van der Waals surface area contributed by atoms with E-state index < -0.39 is 29.8 Å². The van der Waals surface area contributed by atoms with Crippen molar-refractivity contribution in [1.82, 2.24) is 0 Å². The first kappa shape index (κ1) is 17.3. The molecule has 2 aromatic carbocycles. The number of hydrogen-bond acceptors (Lipinski definition) is 6. The Morgan fingerprint density at radius 1 is 1.08 bits per heavy atom. The molecule has 0 atom stereocenters. The van der Waals surface area contributed by atoms with Crippen molar-refractivity contribution < 1.29 is 27.9 Å². The molecule has 0 bridgehead atoms. The number of ether oxygens (including phenoxy) is 2. The number of benzene rings is 2. The number of esters is 1. The summed E-state index contributed by atoms with van der Waals surface area (Å²) in [6.45, 7) is -0.583. The molecule has 3 aromatic rings. The summed E-state index contributed by atoms with van der Waals surface area (Å²) in [5, 5.41) is 0.473. The zero-order valence-corrected chi connectivity index (χ0v) is 13.7. The van der Waals surface area contributed by atoms with Crippen molar-refractivity contribution in [2.24, 2.45) is 0 Å². The van der Waals surface area contributed by atoms with Gasteiger partial charge >= 0.3 is 11.6 Å². The average Bonchev–Trinajstić information content (AvgIpc) is 2.65. The third-order valence-electron chi connectivity index (χ3n) is 3.66. The molecule has 6 nitrogen and oxygen atoms in total. The van der Waals surface area contributed by atoms with Gasteiger partial charge in [-0.1, -0.05) is 0 Å². The Labute approximate surface area is 146 Å². The number of carbonyl (C=O) groups is 2. The van der Waals surface area contributed by atoms with Crippen molar-refractivity contribution in [3.63, 3.8) is 0 Å². The van der Waals surface area contributed by atoms with Gasteiger partial charge in [0.15, 0.2) is 12.4 Å². The van der Waals surface area contributed by atoms with Crippen LogP contribution in [-0.2, 0) is 4.74 Å². The Morgan fingerprint density at radius 3 is 2.50 bits per heavy atom. The highest BCUT2D eigenvalue weighted by Crippen LogP contribution is 2.20. The van der Waals surface area contributed by atoms with E-state index in [1.165, 1.54) is 25.3 Å². The number of hydrogen-bond donors (Lipinski definition) is 0. The van der Waals surface area contributed by atoms with Crippen LogP contribution in [-0.4, -0.2) is 25.5 Å². The number of carbonyl (C=O) groups excluding carboxylic acids is 2. The molecule has 7 heteroatoms. The van der Waals surface area contributed by atoms with Crippen LogP contribution in [0.2, 0.25) is 0 Å². The summed E-state index contributed by atoms with van der Waals surface area (Å²) < 4.78 is 27.9. The van der Waals surface area contributed by atoms with Gasteiger partial charge in [-0.25, -0.2) is 14.0 Å². The minimum atomic E-state index is -0.987.